The molecule has 0 N–H and O–H groups in total. The molecule has 0 spiro atoms. The van der Waals surface area contributed by atoms with Crippen LogP contribution in [0.4, 0.5) is 5.69 Å². The summed E-state index contributed by atoms with van der Waals surface area (Å²) >= 11 is -2.57. The highest BCUT2D eigenvalue weighted by Gasteiger charge is 2.04. The fourth-order valence-corrected chi connectivity index (χ4v) is 1.26. The summed E-state index contributed by atoms with van der Waals surface area (Å²) in [5, 5.41) is 1.23. The molecule has 4 nitrogen and oxygen atoms in total. The molecule has 1 atom stereocenters. The third kappa shape index (κ3) is 3.29. The fraction of sp³-hybridized carbons (Fsp3) is 0.111. The highest BCUT2D eigenvalue weighted by molar-refractivity contribution is 7.74. The first-order valence-electron chi connectivity index (χ1n) is 3.95. The van der Waals surface area contributed by atoms with Crippen molar-refractivity contribution in [1.29, 1.82) is 0 Å². The first-order valence-corrected chi connectivity index (χ1v) is 4.95. The van der Waals surface area contributed by atoms with Crippen LogP contribution in [0.15, 0.2) is 43.0 Å². The van der Waals surface area contributed by atoms with E-state index in [1.165, 1.54) is 5.06 Å². The minimum absolute atomic E-state index is 0.304. The average molecular weight is 212 g/mol. The van der Waals surface area contributed by atoms with Gasteiger partial charge in [-0.1, -0.05) is 24.3 Å². The maximum Gasteiger partial charge on any atom is 0.112 e. The number of hydrogen-bond acceptors (Lipinski definition) is 4. The summed E-state index contributed by atoms with van der Waals surface area (Å²) in [7, 11) is 0. The monoisotopic (exact) mass is 212 g/mol. The molecule has 1 aromatic rings. The predicted octanol–water partition coefficient (Wildman–Crippen LogP) is 1.40. The predicted molar refractivity (Wildman–Crippen MR) is 54.0 cm³/mol. The van der Waals surface area contributed by atoms with Crippen molar-refractivity contribution in [2.45, 2.75) is 0 Å². The van der Waals surface area contributed by atoms with Crippen LogP contribution in [0.1, 0.15) is 0 Å². The summed E-state index contributed by atoms with van der Waals surface area (Å²) < 4.78 is 25.3. The maximum absolute atomic E-state index is 10.4. The molecule has 14 heavy (non-hydrogen) atoms. The Bertz CT molecular complexity index is 315. The third-order valence-corrected chi connectivity index (χ3v) is 1.79. The second-order valence-corrected chi connectivity index (χ2v) is 3.02. The molecule has 0 fully saturated rings. The zero-order valence-electron chi connectivity index (χ0n) is 7.46. The van der Waals surface area contributed by atoms with Gasteiger partial charge in [0.25, 0.3) is 0 Å². The van der Waals surface area contributed by atoms with E-state index in [0.717, 1.165) is 0 Å². The van der Waals surface area contributed by atoms with Crippen molar-refractivity contribution in [1.82, 2.24) is 0 Å². The molecule has 0 aromatic heterocycles. The lowest BCUT2D eigenvalue weighted by Crippen LogP contribution is -2.24. The van der Waals surface area contributed by atoms with E-state index in [2.05, 4.69) is 10.9 Å². The van der Waals surface area contributed by atoms with Gasteiger partial charge in [-0.05, 0) is 12.1 Å². The van der Waals surface area contributed by atoms with Gasteiger partial charge in [0.15, 0.2) is 0 Å². The van der Waals surface area contributed by atoms with Crippen LogP contribution in [-0.2, 0) is 15.6 Å². The molecular formula is C9H10NO3S-. The zero-order valence-corrected chi connectivity index (χ0v) is 8.28. The normalized spacial score (nSPS) is 12.1. The molecule has 0 aliphatic heterocycles. The molecule has 1 unspecified atom stereocenters. The van der Waals surface area contributed by atoms with Gasteiger partial charge in [0.2, 0.25) is 0 Å². The minimum atomic E-state index is -2.57. The highest BCUT2D eigenvalue weighted by Crippen LogP contribution is 2.13. The summed E-state index contributed by atoms with van der Waals surface area (Å²) in [5.41, 5.74) is 0.664. The van der Waals surface area contributed by atoms with Crippen LogP contribution < -0.4 is 5.06 Å². The quantitative estimate of drug-likeness (QED) is 0.420. The Balaban J connectivity index is 2.77. The fourth-order valence-electron chi connectivity index (χ4n) is 0.964. The SMILES string of the molecule is C=CCN(OS(=O)[O-])c1ccccc1. The van der Waals surface area contributed by atoms with Crippen molar-refractivity contribution in [2.24, 2.45) is 0 Å². The molecule has 76 valence electrons. The first-order chi connectivity index (χ1) is 6.74. The number of hydroxylamine groups is 1. The molecule has 0 aliphatic carbocycles. The third-order valence-electron chi connectivity index (χ3n) is 1.49. The van der Waals surface area contributed by atoms with Gasteiger partial charge < -0.3 is 4.55 Å². The Morgan fingerprint density at radius 3 is 2.64 bits per heavy atom. The summed E-state index contributed by atoms with van der Waals surface area (Å²) in [6, 6.07) is 8.92. The van der Waals surface area contributed by atoms with E-state index in [1.807, 2.05) is 6.07 Å². The van der Waals surface area contributed by atoms with E-state index in [-0.39, 0.29) is 0 Å². The van der Waals surface area contributed by atoms with Gasteiger partial charge in [0.05, 0.1) is 12.2 Å². The maximum atomic E-state index is 10.4. The van der Waals surface area contributed by atoms with Crippen LogP contribution in [0.3, 0.4) is 0 Å². The lowest BCUT2D eigenvalue weighted by molar-refractivity contribution is 0.279. The smallest absolute Gasteiger partial charge is 0.112 e. The lowest BCUT2D eigenvalue weighted by Gasteiger charge is -2.22. The standard InChI is InChI=1S/C9H11NO3S/c1-2-8-10(13-14(11)12)9-6-4-3-5-7-9/h2-7H,1,8H2,(H,11,12)/p-1. The number of rotatable bonds is 5. The van der Waals surface area contributed by atoms with Crippen LogP contribution in [0.5, 0.6) is 0 Å². The van der Waals surface area contributed by atoms with Crippen LogP contribution >= 0.6 is 0 Å². The number of hydrogen-bond donors (Lipinski definition) is 0. The topological polar surface area (TPSA) is 52.6 Å². The molecule has 1 aromatic carbocycles. The number of anilines is 1. The van der Waals surface area contributed by atoms with Crippen molar-refractivity contribution < 1.29 is 13.0 Å². The van der Waals surface area contributed by atoms with E-state index in [0.29, 0.717) is 12.2 Å². The Kier molecular flexibility index (Phi) is 4.31. The molecule has 0 aliphatic rings. The van der Waals surface area contributed by atoms with Crippen molar-refractivity contribution in [3.05, 3.63) is 43.0 Å². The summed E-state index contributed by atoms with van der Waals surface area (Å²) in [4.78, 5) is 0. The van der Waals surface area contributed by atoms with Gasteiger partial charge in [-0.2, -0.15) is 4.28 Å². The van der Waals surface area contributed by atoms with Crippen molar-refractivity contribution >= 4 is 17.0 Å². The van der Waals surface area contributed by atoms with Crippen LogP contribution in [0, 0.1) is 0 Å². The summed E-state index contributed by atoms with van der Waals surface area (Å²) in [6.07, 6.45) is 1.56. The van der Waals surface area contributed by atoms with E-state index >= 15 is 0 Å². The average Bonchev–Trinajstić information content (AvgIpc) is 2.18. The molecule has 5 heteroatoms. The molecule has 0 amide bonds. The number of nitrogens with zero attached hydrogens (tertiary/aromatic N) is 1. The number of para-hydroxylation sites is 1. The van der Waals surface area contributed by atoms with Gasteiger partial charge in [0, 0.05) is 0 Å². The Morgan fingerprint density at radius 2 is 2.14 bits per heavy atom. The van der Waals surface area contributed by atoms with Crippen LogP contribution in [-0.4, -0.2) is 15.3 Å². The van der Waals surface area contributed by atoms with E-state index in [1.54, 1.807) is 30.3 Å². The van der Waals surface area contributed by atoms with E-state index < -0.39 is 11.4 Å². The lowest BCUT2D eigenvalue weighted by atomic mass is 10.3. The van der Waals surface area contributed by atoms with Gasteiger partial charge in [0.1, 0.15) is 11.4 Å². The van der Waals surface area contributed by atoms with Gasteiger partial charge in [-0.25, -0.2) is 9.27 Å². The van der Waals surface area contributed by atoms with Gasteiger partial charge in [-0.3, -0.25) is 0 Å². The largest absolute Gasteiger partial charge is 0.748 e. The zero-order chi connectivity index (χ0) is 10.4. The summed E-state index contributed by atoms with van der Waals surface area (Å²) in [5.74, 6) is 0. The van der Waals surface area contributed by atoms with Crippen LogP contribution in [0.2, 0.25) is 0 Å². The molecular weight excluding hydrogens is 202 g/mol. The molecule has 1 rings (SSSR count). The summed E-state index contributed by atoms with van der Waals surface area (Å²) in [6.45, 7) is 3.81. The van der Waals surface area contributed by atoms with E-state index in [4.69, 9.17) is 0 Å². The number of benzene rings is 1. The van der Waals surface area contributed by atoms with E-state index in [9.17, 15) is 8.76 Å². The van der Waals surface area contributed by atoms with Crippen molar-refractivity contribution in [3.63, 3.8) is 0 Å². The Morgan fingerprint density at radius 1 is 1.50 bits per heavy atom. The van der Waals surface area contributed by atoms with Gasteiger partial charge >= 0.3 is 0 Å². The van der Waals surface area contributed by atoms with Crippen LogP contribution in [0.25, 0.3) is 0 Å². The molecule has 0 radical (unpaired) electrons. The van der Waals surface area contributed by atoms with Crippen molar-refractivity contribution in [2.75, 3.05) is 11.6 Å². The molecule has 0 saturated heterocycles. The molecule has 0 bridgehead atoms. The molecule has 0 saturated carbocycles. The Labute approximate surface area is 85.3 Å². The first kappa shape index (κ1) is 10.9. The molecule has 0 heterocycles. The second-order valence-electron chi connectivity index (χ2n) is 2.46. The highest BCUT2D eigenvalue weighted by atomic mass is 32.2. The second kappa shape index (κ2) is 5.54. The van der Waals surface area contributed by atoms with Crippen molar-refractivity contribution in [3.8, 4) is 0 Å². The van der Waals surface area contributed by atoms with Gasteiger partial charge in [-0.15, -0.1) is 6.58 Å². The minimum Gasteiger partial charge on any atom is -0.748 e. The Hall–Kier alpha value is -1.17.